The smallest absolute Gasteiger partial charge is 0.317 e. The molecule has 0 aromatic rings. The van der Waals surface area contributed by atoms with Gasteiger partial charge in [-0.15, -0.1) is 0 Å². The first-order chi connectivity index (χ1) is 6.43. The van der Waals surface area contributed by atoms with Crippen molar-refractivity contribution < 1.29 is 19.4 Å². The molecule has 0 rings (SSSR count). The number of carboxylic acids is 1. The Morgan fingerprint density at radius 3 is 2.29 bits per heavy atom. The predicted molar refractivity (Wildman–Crippen MR) is 51.9 cm³/mol. The van der Waals surface area contributed by atoms with E-state index in [0.29, 0.717) is 6.42 Å². The fraction of sp³-hybridized carbons (Fsp3) is 0.800. The van der Waals surface area contributed by atoms with Gasteiger partial charge in [-0.2, -0.15) is 0 Å². The molecule has 14 heavy (non-hydrogen) atoms. The molecule has 0 aliphatic rings. The molecule has 0 aromatic carbocycles. The molecule has 0 amide bonds. The van der Waals surface area contributed by atoms with Crippen LogP contribution in [-0.2, 0) is 14.3 Å². The predicted octanol–water partition coefficient (Wildman–Crippen LogP) is 1.97. The number of carbonyl (C=O) groups excluding carboxylic acids is 1. The number of hydrogen-bond acceptors (Lipinski definition) is 3. The van der Waals surface area contributed by atoms with Crippen LogP contribution in [0.3, 0.4) is 0 Å². The van der Waals surface area contributed by atoms with Gasteiger partial charge in [-0.3, -0.25) is 9.59 Å². The Hall–Kier alpha value is -1.06. The fourth-order valence-corrected chi connectivity index (χ4v) is 1.26. The van der Waals surface area contributed by atoms with Gasteiger partial charge in [0.25, 0.3) is 0 Å². The molecule has 0 saturated heterocycles. The summed E-state index contributed by atoms with van der Waals surface area (Å²) in [5, 5.41) is 8.38. The summed E-state index contributed by atoms with van der Waals surface area (Å²) in [6.07, 6.45) is 1.81. The molecule has 0 spiro atoms. The number of ether oxygens (including phenoxy) is 1. The van der Waals surface area contributed by atoms with Gasteiger partial charge in [0.15, 0.2) is 0 Å². The lowest BCUT2D eigenvalue weighted by Gasteiger charge is -2.27. The highest BCUT2D eigenvalue weighted by Gasteiger charge is 2.26. The number of aliphatic carboxylic acids is 1. The van der Waals surface area contributed by atoms with Gasteiger partial charge in [-0.1, -0.05) is 20.3 Å². The third kappa shape index (κ3) is 4.84. The molecule has 0 saturated carbocycles. The number of hydrogen-bond donors (Lipinski definition) is 1. The van der Waals surface area contributed by atoms with E-state index in [2.05, 4.69) is 0 Å². The molecule has 0 aromatic heterocycles. The maximum atomic E-state index is 11.1. The highest BCUT2D eigenvalue weighted by Crippen LogP contribution is 2.22. The number of carbonyl (C=O) groups is 2. The van der Waals surface area contributed by atoms with Crippen molar-refractivity contribution in [1.82, 2.24) is 0 Å². The molecule has 0 radical (unpaired) electrons. The minimum absolute atomic E-state index is 0.513. The summed E-state index contributed by atoms with van der Waals surface area (Å²) in [5.41, 5.74) is -0.513. The molecular weight excluding hydrogens is 184 g/mol. The lowest BCUT2D eigenvalue weighted by atomic mass is 9.97. The zero-order valence-electron chi connectivity index (χ0n) is 9.00. The maximum Gasteiger partial charge on any atom is 0.317 e. The van der Waals surface area contributed by atoms with Crippen molar-refractivity contribution in [2.24, 2.45) is 0 Å². The largest absolute Gasteiger partial charge is 0.481 e. The normalized spacial score (nSPS) is 14.5. The fourth-order valence-electron chi connectivity index (χ4n) is 1.26. The second-order valence-electron chi connectivity index (χ2n) is 3.60. The molecule has 4 heteroatoms. The Kier molecular flexibility index (Phi) is 5.20. The van der Waals surface area contributed by atoms with Crippen LogP contribution in [0.1, 0.15) is 46.5 Å². The van der Waals surface area contributed by atoms with Crippen LogP contribution in [0.4, 0.5) is 0 Å². The summed E-state index contributed by atoms with van der Waals surface area (Å²) in [6.45, 7) is 5.75. The van der Waals surface area contributed by atoms with E-state index >= 15 is 0 Å². The van der Waals surface area contributed by atoms with Crippen LogP contribution < -0.4 is 0 Å². The van der Waals surface area contributed by atoms with E-state index in [1.54, 1.807) is 0 Å². The first-order valence-electron chi connectivity index (χ1n) is 4.87. The standard InChI is InChI=1S/C10H18O4/c1-4-6-10(3,5-2)14-9(13)7-8(11)12/h4-7H2,1-3H3,(H,11,12). The maximum absolute atomic E-state index is 11.1. The molecular formula is C10H18O4. The number of rotatable bonds is 6. The van der Waals surface area contributed by atoms with Crippen LogP contribution in [0.2, 0.25) is 0 Å². The summed E-state index contributed by atoms with van der Waals surface area (Å²) in [6, 6.07) is 0. The lowest BCUT2D eigenvalue weighted by molar-refractivity contribution is -0.163. The van der Waals surface area contributed by atoms with Gasteiger partial charge in [0.05, 0.1) is 0 Å². The van der Waals surface area contributed by atoms with Crippen molar-refractivity contribution in [3.8, 4) is 0 Å². The minimum atomic E-state index is -1.15. The molecule has 4 nitrogen and oxygen atoms in total. The van der Waals surface area contributed by atoms with Crippen LogP contribution in [0.15, 0.2) is 0 Å². The molecule has 1 N–H and O–H groups in total. The average molecular weight is 202 g/mol. The minimum Gasteiger partial charge on any atom is -0.481 e. The molecule has 0 aliphatic carbocycles. The van der Waals surface area contributed by atoms with Crippen LogP contribution in [0.25, 0.3) is 0 Å². The van der Waals surface area contributed by atoms with Gasteiger partial charge in [-0.25, -0.2) is 0 Å². The first kappa shape index (κ1) is 12.9. The van der Waals surface area contributed by atoms with Crippen LogP contribution >= 0.6 is 0 Å². The van der Waals surface area contributed by atoms with Gasteiger partial charge in [0.1, 0.15) is 12.0 Å². The van der Waals surface area contributed by atoms with Crippen molar-refractivity contribution in [1.29, 1.82) is 0 Å². The van der Waals surface area contributed by atoms with Crippen molar-refractivity contribution in [3.63, 3.8) is 0 Å². The van der Waals surface area contributed by atoms with E-state index < -0.39 is 24.0 Å². The van der Waals surface area contributed by atoms with Crippen LogP contribution in [-0.4, -0.2) is 22.6 Å². The molecule has 1 unspecified atom stereocenters. The van der Waals surface area contributed by atoms with Crippen molar-refractivity contribution in [2.45, 2.75) is 52.1 Å². The zero-order chi connectivity index (χ0) is 11.2. The molecule has 0 aliphatic heterocycles. The average Bonchev–Trinajstić information content (AvgIpc) is 2.02. The monoisotopic (exact) mass is 202 g/mol. The van der Waals surface area contributed by atoms with Gasteiger partial charge in [0.2, 0.25) is 0 Å². The summed E-state index contributed by atoms with van der Waals surface area (Å²) in [4.78, 5) is 21.3. The van der Waals surface area contributed by atoms with Crippen LogP contribution in [0, 0.1) is 0 Å². The summed E-state index contributed by atoms with van der Waals surface area (Å²) < 4.78 is 5.12. The van der Waals surface area contributed by atoms with E-state index in [1.807, 2.05) is 20.8 Å². The quantitative estimate of drug-likeness (QED) is 0.528. The summed E-state index contributed by atoms with van der Waals surface area (Å²) >= 11 is 0. The van der Waals surface area contributed by atoms with E-state index in [0.717, 1.165) is 12.8 Å². The van der Waals surface area contributed by atoms with Crippen molar-refractivity contribution in [2.75, 3.05) is 0 Å². The second kappa shape index (κ2) is 5.62. The molecule has 1 atom stereocenters. The van der Waals surface area contributed by atoms with E-state index in [4.69, 9.17) is 9.84 Å². The van der Waals surface area contributed by atoms with E-state index in [1.165, 1.54) is 0 Å². The highest BCUT2D eigenvalue weighted by atomic mass is 16.6. The van der Waals surface area contributed by atoms with Gasteiger partial charge < -0.3 is 9.84 Å². The van der Waals surface area contributed by atoms with Gasteiger partial charge >= 0.3 is 11.9 Å². The van der Waals surface area contributed by atoms with E-state index in [9.17, 15) is 9.59 Å². The topological polar surface area (TPSA) is 63.6 Å². The first-order valence-corrected chi connectivity index (χ1v) is 4.87. The molecule has 0 fully saturated rings. The van der Waals surface area contributed by atoms with E-state index in [-0.39, 0.29) is 0 Å². The molecule has 0 bridgehead atoms. The number of esters is 1. The second-order valence-corrected chi connectivity index (χ2v) is 3.60. The SMILES string of the molecule is CCCC(C)(CC)OC(=O)CC(=O)O. The Bertz CT molecular complexity index is 212. The third-order valence-electron chi connectivity index (χ3n) is 2.18. The summed E-state index contributed by atoms with van der Waals surface area (Å²) in [7, 11) is 0. The van der Waals surface area contributed by atoms with Gasteiger partial charge in [-0.05, 0) is 19.8 Å². The third-order valence-corrected chi connectivity index (χ3v) is 2.18. The number of carboxylic acid groups (broad SMARTS) is 1. The van der Waals surface area contributed by atoms with Crippen molar-refractivity contribution in [3.05, 3.63) is 0 Å². The summed E-state index contributed by atoms with van der Waals surface area (Å²) in [5.74, 6) is -1.81. The van der Waals surface area contributed by atoms with Crippen LogP contribution in [0.5, 0.6) is 0 Å². The Morgan fingerprint density at radius 2 is 1.93 bits per heavy atom. The zero-order valence-corrected chi connectivity index (χ0v) is 9.00. The highest BCUT2D eigenvalue weighted by molar-refractivity contribution is 5.90. The molecule has 82 valence electrons. The lowest BCUT2D eigenvalue weighted by Crippen LogP contribution is -2.31. The Balaban J connectivity index is 4.16. The Morgan fingerprint density at radius 1 is 1.36 bits per heavy atom. The van der Waals surface area contributed by atoms with Gasteiger partial charge in [0, 0.05) is 0 Å². The molecule has 0 heterocycles. The Labute approximate surface area is 84.3 Å². The van der Waals surface area contributed by atoms with Crippen molar-refractivity contribution >= 4 is 11.9 Å².